The number of hydrogen-bond donors (Lipinski definition) is 1. The lowest BCUT2D eigenvalue weighted by Crippen LogP contribution is -2.13. The van der Waals surface area contributed by atoms with Crippen LogP contribution in [0.1, 0.15) is 21.5 Å². The van der Waals surface area contributed by atoms with Crippen LogP contribution in [-0.4, -0.2) is 13.0 Å². The third-order valence-electron chi connectivity index (χ3n) is 4.46. The Morgan fingerprint density at radius 1 is 0.839 bits per heavy atom. The van der Waals surface area contributed by atoms with Gasteiger partial charge in [-0.05, 0) is 53.6 Å². The van der Waals surface area contributed by atoms with E-state index in [1.54, 1.807) is 18.2 Å². The summed E-state index contributed by atoms with van der Waals surface area (Å²) in [6.45, 7) is 0. The van der Waals surface area contributed by atoms with E-state index in [0.717, 1.165) is 0 Å². The fourth-order valence-electron chi connectivity index (χ4n) is 2.97. The molecular weight excluding hydrogens is 424 g/mol. The number of para-hydroxylation sites is 1. The molecule has 0 aliphatic heterocycles. The van der Waals surface area contributed by atoms with Crippen LogP contribution in [0.5, 0.6) is 5.75 Å². The van der Waals surface area contributed by atoms with Crippen LogP contribution in [-0.2, 0) is 12.4 Å². The van der Waals surface area contributed by atoms with Gasteiger partial charge < -0.3 is 10.1 Å². The van der Waals surface area contributed by atoms with Crippen LogP contribution < -0.4 is 10.1 Å². The van der Waals surface area contributed by atoms with Crippen LogP contribution in [0.2, 0.25) is 0 Å². The Morgan fingerprint density at radius 3 is 2.06 bits per heavy atom. The van der Waals surface area contributed by atoms with Crippen molar-refractivity contribution >= 4 is 11.6 Å². The Bertz CT molecular complexity index is 1090. The first kappa shape index (κ1) is 22.2. The van der Waals surface area contributed by atoms with Gasteiger partial charge in [0, 0.05) is 5.69 Å². The summed E-state index contributed by atoms with van der Waals surface area (Å²) in [4.78, 5) is 12.4. The van der Waals surface area contributed by atoms with Gasteiger partial charge in [-0.2, -0.15) is 26.3 Å². The molecule has 0 aliphatic carbocycles. The number of anilines is 1. The van der Waals surface area contributed by atoms with Gasteiger partial charge in [0.2, 0.25) is 0 Å². The number of hydrogen-bond acceptors (Lipinski definition) is 2. The van der Waals surface area contributed by atoms with Crippen molar-refractivity contribution in [2.75, 3.05) is 12.4 Å². The Kier molecular flexibility index (Phi) is 5.97. The van der Waals surface area contributed by atoms with Crippen molar-refractivity contribution in [3.8, 4) is 16.9 Å². The van der Waals surface area contributed by atoms with E-state index in [1.807, 2.05) is 0 Å². The van der Waals surface area contributed by atoms with E-state index < -0.39 is 35.0 Å². The summed E-state index contributed by atoms with van der Waals surface area (Å²) in [6.07, 6.45) is -9.63. The molecule has 0 spiro atoms. The molecule has 0 saturated heterocycles. The predicted molar refractivity (Wildman–Crippen MR) is 103 cm³/mol. The highest BCUT2D eigenvalue weighted by Crippen LogP contribution is 2.40. The number of rotatable bonds is 4. The molecule has 1 amide bonds. The van der Waals surface area contributed by atoms with Gasteiger partial charge in [0.25, 0.3) is 5.91 Å². The molecule has 3 aromatic rings. The second kappa shape index (κ2) is 8.33. The number of carbonyl (C=O) groups is 1. The van der Waals surface area contributed by atoms with Gasteiger partial charge in [-0.15, -0.1) is 0 Å². The zero-order chi connectivity index (χ0) is 22.8. The average molecular weight is 439 g/mol. The molecule has 1 N–H and O–H groups in total. The Labute approximate surface area is 173 Å². The minimum absolute atomic E-state index is 0.0753. The van der Waals surface area contributed by atoms with E-state index in [1.165, 1.54) is 37.4 Å². The minimum atomic E-state index is -4.84. The van der Waals surface area contributed by atoms with Gasteiger partial charge in [-0.3, -0.25) is 4.79 Å². The normalized spacial score (nSPS) is 11.8. The van der Waals surface area contributed by atoms with Crippen molar-refractivity contribution in [3.63, 3.8) is 0 Å². The fraction of sp³-hybridized carbons (Fsp3) is 0.136. The Hall–Kier alpha value is -3.49. The first-order chi connectivity index (χ1) is 14.5. The largest absolute Gasteiger partial charge is 0.496 e. The summed E-state index contributed by atoms with van der Waals surface area (Å²) in [5.41, 5.74) is -2.57. The van der Waals surface area contributed by atoms with Crippen molar-refractivity contribution in [2.45, 2.75) is 12.4 Å². The molecule has 0 aromatic heterocycles. The molecule has 9 heteroatoms. The van der Waals surface area contributed by atoms with E-state index in [-0.39, 0.29) is 16.8 Å². The second-order valence-corrected chi connectivity index (χ2v) is 6.49. The number of benzene rings is 3. The molecule has 0 unspecified atom stereocenters. The van der Waals surface area contributed by atoms with E-state index in [4.69, 9.17) is 4.74 Å². The maximum absolute atomic E-state index is 13.3. The van der Waals surface area contributed by atoms with Crippen molar-refractivity contribution in [1.82, 2.24) is 0 Å². The Balaban J connectivity index is 1.93. The van der Waals surface area contributed by atoms with Crippen molar-refractivity contribution in [1.29, 1.82) is 0 Å². The van der Waals surface area contributed by atoms with Gasteiger partial charge in [0.05, 0.1) is 23.8 Å². The van der Waals surface area contributed by atoms with Crippen LogP contribution in [0, 0.1) is 0 Å². The average Bonchev–Trinajstić information content (AvgIpc) is 2.72. The Morgan fingerprint density at radius 2 is 1.48 bits per heavy atom. The number of carbonyl (C=O) groups excluding carboxylic acids is 1. The van der Waals surface area contributed by atoms with Crippen molar-refractivity contribution in [2.24, 2.45) is 0 Å². The van der Waals surface area contributed by atoms with Gasteiger partial charge in [0.1, 0.15) is 5.75 Å². The van der Waals surface area contributed by atoms with Crippen LogP contribution in [0.25, 0.3) is 11.1 Å². The molecule has 31 heavy (non-hydrogen) atoms. The lowest BCUT2D eigenvalue weighted by molar-refractivity contribution is -0.141. The summed E-state index contributed by atoms with van der Waals surface area (Å²) >= 11 is 0. The van der Waals surface area contributed by atoms with Crippen LogP contribution in [0.4, 0.5) is 32.0 Å². The molecule has 3 aromatic carbocycles. The smallest absolute Gasteiger partial charge is 0.417 e. The zero-order valence-electron chi connectivity index (χ0n) is 15.9. The lowest BCUT2D eigenvalue weighted by atomic mass is 9.96. The van der Waals surface area contributed by atoms with Gasteiger partial charge >= 0.3 is 12.4 Å². The molecule has 0 atom stereocenters. The highest BCUT2D eigenvalue weighted by Gasteiger charge is 2.37. The van der Waals surface area contributed by atoms with E-state index in [2.05, 4.69) is 5.32 Å². The van der Waals surface area contributed by atoms with E-state index >= 15 is 0 Å². The van der Waals surface area contributed by atoms with Gasteiger partial charge in [0.15, 0.2) is 0 Å². The first-order valence-corrected chi connectivity index (χ1v) is 8.84. The van der Waals surface area contributed by atoms with E-state index in [9.17, 15) is 31.1 Å². The lowest BCUT2D eigenvalue weighted by Gasteiger charge is -2.16. The zero-order valence-corrected chi connectivity index (χ0v) is 15.9. The monoisotopic (exact) mass is 439 g/mol. The minimum Gasteiger partial charge on any atom is -0.496 e. The quantitative estimate of drug-likeness (QED) is 0.462. The maximum atomic E-state index is 13.3. The van der Waals surface area contributed by atoms with E-state index in [0.29, 0.717) is 23.9 Å². The van der Waals surface area contributed by atoms with Crippen LogP contribution >= 0.6 is 0 Å². The molecule has 0 radical (unpaired) electrons. The highest BCUT2D eigenvalue weighted by molar-refractivity contribution is 6.06. The number of nitrogens with one attached hydrogen (secondary N) is 1. The summed E-state index contributed by atoms with van der Waals surface area (Å²) in [7, 11) is 1.40. The predicted octanol–water partition coefficient (Wildman–Crippen LogP) is 6.65. The molecule has 3 rings (SSSR count). The number of halogens is 6. The summed E-state index contributed by atoms with van der Waals surface area (Å²) < 4.78 is 84.1. The SMILES string of the molecule is COc1ccccc1C(=O)Nc1ccc(-c2cc(C(F)(F)F)ccc2C(F)(F)F)cc1. The molecule has 162 valence electrons. The second-order valence-electron chi connectivity index (χ2n) is 6.49. The fourth-order valence-corrected chi connectivity index (χ4v) is 2.97. The van der Waals surface area contributed by atoms with Crippen molar-refractivity contribution < 1.29 is 35.9 Å². The number of amides is 1. The summed E-state index contributed by atoms with van der Waals surface area (Å²) in [6, 6.07) is 12.7. The third kappa shape index (κ3) is 4.99. The number of alkyl halides is 6. The van der Waals surface area contributed by atoms with Crippen LogP contribution in [0.15, 0.2) is 66.7 Å². The maximum Gasteiger partial charge on any atom is 0.417 e. The first-order valence-electron chi connectivity index (χ1n) is 8.84. The summed E-state index contributed by atoms with van der Waals surface area (Å²) in [5, 5.41) is 2.57. The molecule has 0 saturated carbocycles. The van der Waals surface area contributed by atoms with Crippen LogP contribution in [0.3, 0.4) is 0 Å². The molecule has 3 nitrogen and oxygen atoms in total. The molecule has 0 heterocycles. The van der Waals surface area contributed by atoms with Gasteiger partial charge in [-0.1, -0.05) is 24.3 Å². The summed E-state index contributed by atoms with van der Waals surface area (Å²) in [5.74, 6) is -0.185. The topological polar surface area (TPSA) is 38.3 Å². The highest BCUT2D eigenvalue weighted by atomic mass is 19.4. The molecule has 0 bridgehead atoms. The molecular formula is C22H15F6NO2. The standard InChI is InChI=1S/C22H15F6NO2/c1-31-19-5-3-2-4-16(19)20(30)29-15-9-6-13(7-10-15)17-12-14(21(23,24)25)8-11-18(17)22(26,27)28/h2-12H,1H3,(H,29,30). The number of methoxy groups -OCH3 is 1. The van der Waals surface area contributed by atoms with Crippen molar-refractivity contribution in [3.05, 3.63) is 83.4 Å². The molecule has 0 aliphatic rings. The molecule has 0 fully saturated rings. The van der Waals surface area contributed by atoms with Gasteiger partial charge in [-0.25, -0.2) is 0 Å². The third-order valence-corrected chi connectivity index (χ3v) is 4.46. The number of ether oxygens (including phenoxy) is 1.